The molecule has 3 rings (SSSR count). The van der Waals surface area contributed by atoms with Gasteiger partial charge in [0.15, 0.2) is 0 Å². The maximum absolute atomic E-state index is 10.6. The molecule has 1 aromatic carbocycles. The van der Waals surface area contributed by atoms with E-state index in [4.69, 9.17) is 0 Å². The number of hydrogen-bond donors (Lipinski definition) is 1. The molecule has 2 heteroatoms. The summed E-state index contributed by atoms with van der Waals surface area (Å²) >= 11 is 0. The fraction of sp³-hybridized carbons (Fsp3) is 0.684. The lowest BCUT2D eigenvalue weighted by atomic mass is 9.78. The van der Waals surface area contributed by atoms with E-state index in [1.165, 1.54) is 56.2 Å². The molecule has 1 saturated carbocycles. The molecule has 0 bridgehead atoms. The van der Waals surface area contributed by atoms with Crippen molar-refractivity contribution in [2.45, 2.75) is 64.5 Å². The number of benzene rings is 1. The van der Waals surface area contributed by atoms with Crippen LogP contribution in [0.15, 0.2) is 18.2 Å². The molecule has 0 aromatic heterocycles. The van der Waals surface area contributed by atoms with Gasteiger partial charge in [-0.1, -0.05) is 31.0 Å². The zero-order valence-corrected chi connectivity index (χ0v) is 13.5. The number of likely N-dealkylation sites (tertiary alicyclic amines) is 1. The first kappa shape index (κ1) is 15.1. The second-order valence-electron chi connectivity index (χ2n) is 7.11. The molecule has 1 aromatic rings. The van der Waals surface area contributed by atoms with Crippen molar-refractivity contribution in [1.82, 2.24) is 4.90 Å². The number of aliphatic hydroxyl groups is 1. The predicted molar refractivity (Wildman–Crippen MR) is 87.4 cm³/mol. The molecule has 116 valence electrons. The Morgan fingerprint density at radius 1 is 1.10 bits per heavy atom. The van der Waals surface area contributed by atoms with Crippen molar-refractivity contribution < 1.29 is 5.11 Å². The average molecular weight is 287 g/mol. The Hall–Kier alpha value is -0.860. The Bertz CT molecular complexity index is 482. The van der Waals surface area contributed by atoms with Crippen LogP contribution in [-0.2, 0) is 0 Å². The summed E-state index contributed by atoms with van der Waals surface area (Å²) in [6.45, 7) is 6.24. The molecule has 0 radical (unpaired) electrons. The summed E-state index contributed by atoms with van der Waals surface area (Å²) in [5.74, 6) is 0.888. The first-order valence-corrected chi connectivity index (χ1v) is 8.64. The molecule has 2 fully saturated rings. The highest BCUT2D eigenvalue weighted by molar-refractivity contribution is 5.31. The fourth-order valence-corrected chi connectivity index (χ4v) is 4.25. The second-order valence-corrected chi connectivity index (χ2v) is 7.11. The van der Waals surface area contributed by atoms with Gasteiger partial charge in [-0.3, -0.25) is 4.90 Å². The van der Waals surface area contributed by atoms with E-state index >= 15 is 0 Å². The third-order valence-corrected chi connectivity index (χ3v) is 5.68. The first-order valence-electron chi connectivity index (χ1n) is 8.64. The van der Waals surface area contributed by atoms with Gasteiger partial charge in [0, 0.05) is 12.6 Å². The van der Waals surface area contributed by atoms with Gasteiger partial charge in [-0.2, -0.15) is 0 Å². The molecular formula is C19H29NO. The van der Waals surface area contributed by atoms with Gasteiger partial charge in [-0.25, -0.2) is 0 Å². The number of hydrogen-bond acceptors (Lipinski definition) is 2. The van der Waals surface area contributed by atoms with Gasteiger partial charge in [-0.15, -0.1) is 0 Å². The van der Waals surface area contributed by atoms with Gasteiger partial charge in [0.05, 0.1) is 6.10 Å². The van der Waals surface area contributed by atoms with E-state index in [1.807, 2.05) is 0 Å². The molecule has 1 heterocycles. The largest absolute Gasteiger partial charge is 0.387 e. The number of nitrogens with zero attached hydrogens (tertiary/aromatic N) is 1. The monoisotopic (exact) mass is 287 g/mol. The van der Waals surface area contributed by atoms with Crippen LogP contribution in [0.3, 0.4) is 0 Å². The number of β-amino-alcohol motifs (C(OH)–C–C–N with tert-alkyl or cyclic N) is 1. The predicted octanol–water partition coefficient (Wildman–Crippen LogP) is 3.99. The smallest absolute Gasteiger partial charge is 0.0917 e. The van der Waals surface area contributed by atoms with E-state index in [0.29, 0.717) is 0 Å². The van der Waals surface area contributed by atoms with Crippen molar-refractivity contribution in [3.63, 3.8) is 0 Å². The van der Waals surface area contributed by atoms with Crippen molar-refractivity contribution in [3.8, 4) is 0 Å². The Labute approximate surface area is 129 Å². The summed E-state index contributed by atoms with van der Waals surface area (Å²) in [6, 6.07) is 7.11. The van der Waals surface area contributed by atoms with Gasteiger partial charge in [-0.05, 0) is 68.7 Å². The van der Waals surface area contributed by atoms with Crippen molar-refractivity contribution >= 4 is 0 Å². The first-order chi connectivity index (χ1) is 10.1. The lowest BCUT2D eigenvalue weighted by Gasteiger charge is -2.44. The minimum Gasteiger partial charge on any atom is -0.387 e. The van der Waals surface area contributed by atoms with Crippen molar-refractivity contribution in [3.05, 3.63) is 34.9 Å². The third-order valence-electron chi connectivity index (χ3n) is 5.68. The highest BCUT2D eigenvalue weighted by atomic mass is 16.3. The molecule has 2 nitrogen and oxygen atoms in total. The van der Waals surface area contributed by atoms with E-state index in [9.17, 15) is 5.11 Å². The van der Waals surface area contributed by atoms with Gasteiger partial charge in [0.2, 0.25) is 0 Å². The Morgan fingerprint density at radius 3 is 2.67 bits per heavy atom. The molecule has 21 heavy (non-hydrogen) atoms. The lowest BCUT2D eigenvalue weighted by Crippen LogP contribution is -2.48. The van der Waals surface area contributed by atoms with Crippen LogP contribution in [0.1, 0.15) is 61.3 Å². The summed E-state index contributed by atoms with van der Waals surface area (Å²) in [4.78, 5) is 2.58. The van der Waals surface area contributed by atoms with Crippen LogP contribution >= 0.6 is 0 Å². The van der Waals surface area contributed by atoms with Crippen LogP contribution in [0.25, 0.3) is 0 Å². The van der Waals surface area contributed by atoms with Crippen LogP contribution in [0.4, 0.5) is 0 Å². The van der Waals surface area contributed by atoms with E-state index in [2.05, 4.69) is 36.9 Å². The SMILES string of the molecule is Cc1ccc(C(O)CN2CCC[C@H]3CCCC[C@H]32)cc1C. The fourth-order valence-electron chi connectivity index (χ4n) is 4.25. The van der Waals surface area contributed by atoms with Crippen LogP contribution in [0.2, 0.25) is 0 Å². The normalized spacial score (nSPS) is 28.1. The van der Waals surface area contributed by atoms with Crippen LogP contribution < -0.4 is 0 Å². The van der Waals surface area contributed by atoms with E-state index in [0.717, 1.165) is 24.1 Å². The van der Waals surface area contributed by atoms with Crippen LogP contribution in [-0.4, -0.2) is 29.1 Å². The summed E-state index contributed by atoms with van der Waals surface area (Å²) < 4.78 is 0. The molecule has 1 aliphatic carbocycles. The topological polar surface area (TPSA) is 23.5 Å². The molecule has 1 unspecified atom stereocenters. The number of aryl methyl sites for hydroxylation is 2. The Morgan fingerprint density at radius 2 is 1.86 bits per heavy atom. The Balaban J connectivity index is 1.68. The maximum Gasteiger partial charge on any atom is 0.0917 e. The molecule has 1 N–H and O–H groups in total. The van der Waals surface area contributed by atoms with Gasteiger partial charge in [0.25, 0.3) is 0 Å². The molecule has 3 atom stereocenters. The summed E-state index contributed by atoms with van der Waals surface area (Å²) in [5.41, 5.74) is 3.66. The van der Waals surface area contributed by atoms with Gasteiger partial charge < -0.3 is 5.11 Å². The summed E-state index contributed by atoms with van der Waals surface area (Å²) in [7, 11) is 0. The molecular weight excluding hydrogens is 258 g/mol. The molecule has 0 spiro atoms. The van der Waals surface area contributed by atoms with Crippen molar-refractivity contribution in [1.29, 1.82) is 0 Å². The van der Waals surface area contributed by atoms with E-state index in [1.54, 1.807) is 0 Å². The highest BCUT2D eigenvalue weighted by Gasteiger charge is 2.33. The van der Waals surface area contributed by atoms with Crippen molar-refractivity contribution in [2.24, 2.45) is 5.92 Å². The Kier molecular flexibility index (Phi) is 4.66. The summed E-state index contributed by atoms with van der Waals surface area (Å²) in [6.07, 6.45) is 7.89. The molecule has 0 amide bonds. The zero-order chi connectivity index (χ0) is 14.8. The number of rotatable bonds is 3. The lowest BCUT2D eigenvalue weighted by molar-refractivity contribution is 0.0205. The zero-order valence-electron chi connectivity index (χ0n) is 13.5. The second kappa shape index (κ2) is 6.50. The molecule has 2 aliphatic rings. The highest BCUT2D eigenvalue weighted by Crippen LogP contribution is 2.36. The van der Waals surface area contributed by atoms with Gasteiger partial charge >= 0.3 is 0 Å². The maximum atomic E-state index is 10.6. The minimum atomic E-state index is -0.343. The number of piperidine rings is 1. The van der Waals surface area contributed by atoms with E-state index in [-0.39, 0.29) is 6.10 Å². The minimum absolute atomic E-state index is 0.343. The number of aliphatic hydroxyl groups excluding tert-OH is 1. The van der Waals surface area contributed by atoms with Crippen LogP contribution in [0.5, 0.6) is 0 Å². The van der Waals surface area contributed by atoms with Crippen LogP contribution in [0, 0.1) is 19.8 Å². The summed E-state index contributed by atoms with van der Waals surface area (Å²) in [5, 5.41) is 10.6. The molecule has 1 aliphatic heterocycles. The average Bonchev–Trinajstić information content (AvgIpc) is 2.50. The molecule has 1 saturated heterocycles. The quantitative estimate of drug-likeness (QED) is 0.908. The van der Waals surface area contributed by atoms with Gasteiger partial charge in [0.1, 0.15) is 0 Å². The standard InChI is InChI=1S/C19H29NO/c1-14-9-10-17(12-15(14)2)19(21)13-20-11-5-7-16-6-3-4-8-18(16)20/h9-10,12,16,18-19,21H,3-8,11,13H2,1-2H3/t16-,18-,19?/m1/s1. The van der Waals surface area contributed by atoms with E-state index < -0.39 is 0 Å². The number of fused-ring (bicyclic) bond motifs is 1. The van der Waals surface area contributed by atoms with Crippen molar-refractivity contribution in [2.75, 3.05) is 13.1 Å². The third kappa shape index (κ3) is 3.32.